The molecule has 0 N–H and O–H groups in total. The molecule has 0 spiro atoms. The number of rotatable bonds is 4. The van der Waals surface area contributed by atoms with Crippen LogP contribution in [-0.2, 0) is 13.2 Å². The van der Waals surface area contributed by atoms with Gasteiger partial charge >= 0.3 is 0 Å². The summed E-state index contributed by atoms with van der Waals surface area (Å²) in [5.41, 5.74) is 3.14. The lowest BCUT2D eigenvalue weighted by molar-refractivity contribution is 0.244. The van der Waals surface area contributed by atoms with Crippen LogP contribution < -0.4 is 0 Å². The second-order valence-corrected chi connectivity index (χ2v) is 6.54. The number of benzene rings is 1. The highest BCUT2D eigenvalue weighted by atomic mass is 35.5. The van der Waals surface area contributed by atoms with E-state index >= 15 is 0 Å². The molecule has 0 radical (unpaired) electrons. The average Bonchev–Trinajstić information content (AvgIpc) is 2.74. The number of halogens is 1. The summed E-state index contributed by atoms with van der Waals surface area (Å²) in [7, 11) is 2.03. The van der Waals surface area contributed by atoms with Gasteiger partial charge in [-0.2, -0.15) is 0 Å². The lowest BCUT2D eigenvalue weighted by Crippen LogP contribution is -2.22. The molecule has 5 nitrogen and oxygen atoms in total. The van der Waals surface area contributed by atoms with Crippen molar-refractivity contribution in [2.45, 2.75) is 27.1 Å². The average molecular weight is 348 g/mol. The molecule has 0 amide bonds. The Morgan fingerprint density at radius 3 is 2.78 bits per heavy atom. The van der Waals surface area contributed by atoms with Crippen LogP contribution in [0.15, 0.2) is 30.3 Å². The van der Waals surface area contributed by atoms with Gasteiger partial charge in [-0.25, -0.2) is 9.67 Å². The molecular weight excluding hydrogens is 330 g/mol. The molecule has 3 rings (SSSR count). The molecule has 0 saturated carbocycles. The van der Waals surface area contributed by atoms with E-state index in [1.54, 1.807) is 4.68 Å². The Morgan fingerprint density at radius 1 is 1.26 bits per heavy atom. The predicted octanol–water partition coefficient (Wildman–Crippen LogP) is 3.62. The Morgan fingerprint density at radius 2 is 2.04 bits per heavy atom. The van der Waals surface area contributed by atoms with Gasteiger partial charge in [0.15, 0.2) is 0 Å². The summed E-state index contributed by atoms with van der Waals surface area (Å²) in [6.45, 7) is 5.33. The second kappa shape index (κ2) is 6.39. The van der Waals surface area contributed by atoms with Crippen molar-refractivity contribution in [2.75, 3.05) is 7.05 Å². The third kappa shape index (κ3) is 3.44. The van der Waals surface area contributed by atoms with E-state index in [0.29, 0.717) is 17.2 Å². The van der Waals surface area contributed by atoms with Crippen LogP contribution in [-0.4, -0.2) is 31.1 Å². The first kappa shape index (κ1) is 16.1. The van der Waals surface area contributed by atoms with Gasteiger partial charge in [-0.3, -0.25) is 9.30 Å². The maximum Gasteiger partial charge on any atom is 0.254 e. The Kier molecular flexibility index (Phi) is 4.48. The number of fused-ring (bicyclic) bond motifs is 1. The Hall–Kier alpha value is -1.76. The third-order valence-electron chi connectivity index (χ3n) is 3.59. The topological polar surface area (TPSA) is 38.4 Å². The van der Waals surface area contributed by atoms with Crippen LogP contribution >= 0.6 is 23.8 Å². The summed E-state index contributed by atoms with van der Waals surface area (Å²) in [5.74, 6) is 0.642. The van der Waals surface area contributed by atoms with Gasteiger partial charge in [0.25, 0.3) is 5.78 Å². The van der Waals surface area contributed by atoms with E-state index < -0.39 is 0 Å². The molecule has 3 aromatic rings. The quantitative estimate of drug-likeness (QED) is 0.676. The largest absolute Gasteiger partial charge is 0.283 e. The fraction of sp³-hybridized carbons (Fsp3) is 0.312. The van der Waals surface area contributed by atoms with Crippen molar-refractivity contribution in [3.05, 3.63) is 57.1 Å². The van der Waals surface area contributed by atoms with Gasteiger partial charge in [-0.15, -0.1) is 5.10 Å². The van der Waals surface area contributed by atoms with Crippen LogP contribution in [0.25, 0.3) is 5.78 Å². The summed E-state index contributed by atoms with van der Waals surface area (Å²) in [4.78, 5) is 6.58. The van der Waals surface area contributed by atoms with Crippen molar-refractivity contribution in [2.24, 2.45) is 0 Å². The maximum atomic E-state index is 6.04. The van der Waals surface area contributed by atoms with Crippen LogP contribution in [0, 0.1) is 18.6 Å². The number of hydrogen-bond acceptors (Lipinski definition) is 4. The van der Waals surface area contributed by atoms with Crippen LogP contribution in [0.4, 0.5) is 0 Å². The highest BCUT2D eigenvalue weighted by molar-refractivity contribution is 7.71. The first-order valence-electron chi connectivity index (χ1n) is 7.31. The molecule has 0 fully saturated rings. The van der Waals surface area contributed by atoms with E-state index in [9.17, 15) is 0 Å². The molecule has 120 valence electrons. The lowest BCUT2D eigenvalue weighted by Gasteiger charge is -2.16. The van der Waals surface area contributed by atoms with Crippen LogP contribution in [0.1, 0.15) is 17.0 Å². The standard InChI is InChI=1S/C16H18ClN5S/c1-11-7-12(2)22-15(18-11)19-21(16(22)23)10-20(3)9-13-5-4-6-14(17)8-13/h4-8H,9-10H2,1-3H3. The minimum atomic E-state index is 0.590. The van der Waals surface area contributed by atoms with E-state index in [4.69, 9.17) is 23.8 Å². The predicted molar refractivity (Wildman–Crippen MR) is 94.2 cm³/mol. The van der Waals surface area contributed by atoms with Gasteiger partial charge in [-0.05, 0) is 56.9 Å². The summed E-state index contributed by atoms with van der Waals surface area (Å²) in [6.07, 6.45) is 0. The zero-order chi connectivity index (χ0) is 16.6. The molecule has 0 saturated heterocycles. The van der Waals surface area contributed by atoms with Gasteiger partial charge in [0.2, 0.25) is 4.77 Å². The monoisotopic (exact) mass is 347 g/mol. The van der Waals surface area contributed by atoms with E-state index in [1.165, 1.54) is 0 Å². The minimum Gasteiger partial charge on any atom is -0.283 e. The minimum absolute atomic E-state index is 0.590. The zero-order valence-corrected chi connectivity index (χ0v) is 14.9. The fourth-order valence-corrected chi connectivity index (χ4v) is 3.19. The van der Waals surface area contributed by atoms with E-state index in [0.717, 1.165) is 28.5 Å². The van der Waals surface area contributed by atoms with Crippen molar-refractivity contribution in [3.8, 4) is 0 Å². The van der Waals surface area contributed by atoms with Gasteiger partial charge < -0.3 is 0 Å². The van der Waals surface area contributed by atoms with Crippen molar-refractivity contribution in [1.82, 2.24) is 24.1 Å². The molecule has 0 bridgehead atoms. The number of hydrogen-bond donors (Lipinski definition) is 0. The highest BCUT2D eigenvalue weighted by Gasteiger charge is 2.10. The van der Waals surface area contributed by atoms with Gasteiger partial charge in [-0.1, -0.05) is 23.7 Å². The molecule has 0 aliphatic carbocycles. The fourth-order valence-electron chi connectivity index (χ4n) is 2.65. The van der Waals surface area contributed by atoms with Crippen LogP contribution in [0.2, 0.25) is 5.02 Å². The molecule has 2 aromatic heterocycles. The summed E-state index contributed by atoms with van der Waals surface area (Å²) in [6, 6.07) is 9.86. The molecule has 23 heavy (non-hydrogen) atoms. The highest BCUT2D eigenvalue weighted by Crippen LogP contribution is 2.13. The summed E-state index contributed by atoms with van der Waals surface area (Å²) in [5, 5.41) is 5.28. The second-order valence-electron chi connectivity index (χ2n) is 5.74. The summed E-state index contributed by atoms with van der Waals surface area (Å²) >= 11 is 11.6. The zero-order valence-electron chi connectivity index (χ0n) is 13.3. The Labute approximate surface area is 145 Å². The number of aromatic nitrogens is 4. The first-order chi connectivity index (χ1) is 10.9. The molecule has 0 unspecified atom stereocenters. The first-order valence-corrected chi connectivity index (χ1v) is 8.09. The molecule has 7 heteroatoms. The van der Waals surface area contributed by atoms with Gasteiger partial charge in [0.05, 0.1) is 6.67 Å². The molecule has 0 aliphatic rings. The maximum absolute atomic E-state index is 6.04. The number of aryl methyl sites for hydroxylation is 2. The lowest BCUT2D eigenvalue weighted by atomic mass is 10.2. The molecule has 1 aromatic carbocycles. The summed E-state index contributed by atoms with van der Waals surface area (Å²) < 4.78 is 4.35. The normalized spacial score (nSPS) is 11.5. The van der Waals surface area contributed by atoms with Crippen LogP contribution in [0.5, 0.6) is 0 Å². The van der Waals surface area contributed by atoms with E-state index in [-0.39, 0.29) is 0 Å². The van der Waals surface area contributed by atoms with Crippen molar-refractivity contribution < 1.29 is 0 Å². The van der Waals surface area contributed by atoms with Crippen molar-refractivity contribution in [3.63, 3.8) is 0 Å². The third-order valence-corrected chi connectivity index (χ3v) is 4.21. The number of nitrogens with zero attached hydrogens (tertiary/aromatic N) is 5. The Balaban J connectivity index is 1.85. The van der Waals surface area contributed by atoms with E-state index in [1.807, 2.05) is 49.6 Å². The van der Waals surface area contributed by atoms with Crippen LogP contribution in [0.3, 0.4) is 0 Å². The van der Waals surface area contributed by atoms with Crippen molar-refractivity contribution in [1.29, 1.82) is 0 Å². The molecule has 0 atom stereocenters. The Bertz CT molecular complexity index is 914. The smallest absolute Gasteiger partial charge is 0.254 e. The van der Waals surface area contributed by atoms with E-state index in [2.05, 4.69) is 21.0 Å². The SMILES string of the molecule is Cc1cc(C)n2c(=S)n(CN(C)Cc3cccc(Cl)c3)nc2n1. The van der Waals surface area contributed by atoms with Gasteiger partial charge in [0, 0.05) is 23.0 Å². The molecule has 2 heterocycles. The van der Waals surface area contributed by atoms with Crippen molar-refractivity contribution >= 4 is 29.6 Å². The van der Waals surface area contributed by atoms with Gasteiger partial charge in [0.1, 0.15) is 0 Å². The molecular formula is C16H18ClN5S. The molecule has 0 aliphatic heterocycles.